The maximum absolute atomic E-state index is 11.6. The lowest BCUT2D eigenvalue weighted by molar-refractivity contribution is -0.220. The lowest BCUT2D eigenvalue weighted by Gasteiger charge is -2.68. The van der Waals surface area contributed by atoms with E-state index in [0.717, 1.165) is 31.8 Å². The normalized spacial score (nSPS) is 51.0. The molecule has 4 fully saturated rings. The number of piperidine rings is 2. The Morgan fingerprint density at radius 3 is 2.86 bits per heavy atom. The van der Waals surface area contributed by atoms with Gasteiger partial charge in [-0.25, -0.2) is 0 Å². The van der Waals surface area contributed by atoms with Gasteiger partial charge in [-0.2, -0.15) is 0 Å². The number of carbonyl (C=O) groups excluding carboxylic acids is 1. The van der Waals surface area contributed by atoms with Crippen molar-refractivity contribution in [1.29, 1.82) is 0 Å². The zero-order valence-corrected chi connectivity index (χ0v) is 13.8. The molecule has 4 rings (SSSR count). The molecule has 22 heavy (non-hydrogen) atoms. The second-order valence-electron chi connectivity index (χ2n) is 8.37. The van der Waals surface area contributed by atoms with Crippen LogP contribution in [0.3, 0.4) is 0 Å². The van der Waals surface area contributed by atoms with Gasteiger partial charge in [0.1, 0.15) is 6.10 Å². The maximum Gasteiger partial charge on any atom is 0.302 e. The summed E-state index contributed by atoms with van der Waals surface area (Å²) in [6.07, 6.45) is 6.71. The average Bonchev–Trinajstić information content (AvgIpc) is 2.42. The van der Waals surface area contributed by atoms with Crippen molar-refractivity contribution in [2.24, 2.45) is 23.7 Å². The summed E-state index contributed by atoms with van der Waals surface area (Å²) >= 11 is 0. The molecular weight excluding hydrogens is 278 g/mol. The predicted octanol–water partition coefficient (Wildman–Crippen LogP) is 2.20. The molecule has 1 spiro atoms. The zero-order chi connectivity index (χ0) is 15.5. The van der Waals surface area contributed by atoms with E-state index in [2.05, 4.69) is 11.8 Å². The molecule has 0 aromatic heterocycles. The molecule has 4 nitrogen and oxygen atoms in total. The minimum absolute atomic E-state index is 0.101. The van der Waals surface area contributed by atoms with Gasteiger partial charge < -0.3 is 9.84 Å². The Bertz CT molecular complexity index is 467. The second-order valence-corrected chi connectivity index (χ2v) is 8.37. The van der Waals surface area contributed by atoms with Gasteiger partial charge in [0.2, 0.25) is 0 Å². The van der Waals surface area contributed by atoms with Crippen LogP contribution in [0.25, 0.3) is 0 Å². The highest BCUT2D eigenvalue weighted by molar-refractivity contribution is 5.66. The smallest absolute Gasteiger partial charge is 0.302 e. The number of carbonyl (C=O) groups is 1. The molecule has 0 aromatic rings. The van der Waals surface area contributed by atoms with E-state index in [1.54, 1.807) is 6.92 Å². The Kier molecular flexibility index (Phi) is 3.53. The van der Waals surface area contributed by atoms with Gasteiger partial charge in [0, 0.05) is 24.9 Å². The molecule has 124 valence electrons. The number of aliphatic hydroxyl groups is 1. The van der Waals surface area contributed by atoms with Crippen LogP contribution in [-0.4, -0.2) is 46.8 Å². The van der Waals surface area contributed by atoms with Crippen molar-refractivity contribution in [1.82, 2.24) is 4.90 Å². The molecule has 1 N–H and O–H groups in total. The lowest BCUT2D eigenvalue weighted by atomic mass is 9.48. The molecule has 4 heteroatoms. The summed E-state index contributed by atoms with van der Waals surface area (Å²) in [6.45, 7) is 5.86. The van der Waals surface area contributed by atoms with Gasteiger partial charge in [-0.05, 0) is 62.8 Å². The molecule has 2 aliphatic carbocycles. The summed E-state index contributed by atoms with van der Waals surface area (Å²) in [5.74, 6) is 2.31. The van der Waals surface area contributed by atoms with Crippen molar-refractivity contribution < 1.29 is 14.6 Å². The monoisotopic (exact) mass is 307 g/mol. The topological polar surface area (TPSA) is 49.8 Å². The van der Waals surface area contributed by atoms with Crippen molar-refractivity contribution in [3.8, 4) is 0 Å². The van der Waals surface area contributed by atoms with Crippen LogP contribution in [0.2, 0.25) is 0 Å². The number of β-amino-alcohol motifs (C(OH)–C–C–N with tert-alkyl or cyclic N) is 1. The first-order valence-corrected chi connectivity index (χ1v) is 9.11. The summed E-state index contributed by atoms with van der Waals surface area (Å²) in [7, 11) is 0. The van der Waals surface area contributed by atoms with Crippen LogP contribution in [0.15, 0.2) is 0 Å². The quantitative estimate of drug-likeness (QED) is 0.755. The van der Waals surface area contributed by atoms with Gasteiger partial charge >= 0.3 is 5.97 Å². The molecule has 0 unspecified atom stereocenters. The van der Waals surface area contributed by atoms with Crippen molar-refractivity contribution in [3.05, 3.63) is 0 Å². The highest BCUT2D eigenvalue weighted by atomic mass is 16.5. The van der Waals surface area contributed by atoms with Crippen molar-refractivity contribution in [2.75, 3.05) is 13.1 Å². The number of aliphatic hydroxyl groups excluding tert-OH is 1. The van der Waals surface area contributed by atoms with E-state index in [-0.39, 0.29) is 23.7 Å². The van der Waals surface area contributed by atoms with Crippen LogP contribution in [0.5, 0.6) is 0 Å². The molecule has 2 aliphatic heterocycles. The van der Waals surface area contributed by atoms with E-state index < -0.39 is 0 Å². The molecule has 4 aliphatic rings. The molecular formula is C18H29NO3. The van der Waals surface area contributed by atoms with Crippen LogP contribution >= 0.6 is 0 Å². The number of hydrogen-bond acceptors (Lipinski definition) is 4. The largest absolute Gasteiger partial charge is 0.462 e. The fourth-order valence-electron chi connectivity index (χ4n) is 6.72. The zero-order valence-electron chi connectivity index (χ0n) is 13.8. The third-order valence-corrected chi connectivity index (χ3v) is 7.02. The van der Waals surface area contributed by atoms with Crippen LogP contribution in [0.4, 0.5) is 0 Å². The summed E-state index contributed by atoms with van der Waals surface area (Å²) < 4.78 is 5.79. The number of nitrogens with zero attached hydrogens (tertiary/aromatic N) is 1. The highest BCUT2D eigenvalue weighted by Crippen LogP contribution is 2.60. The van der Waals surface area contributed by atoms with E-state index in [1.165, 1.54) is 25.7 Å². The van der Waals surface area contributed by atoms with Gasteiger partial charge in [-0.15, -0.1) is 0 Å². The fraction of sp³-hybridized carbons (Fsp3) is 0.944. The average molecular weight is 307 g/mol. The Labute approximate surface area is 133 Å². The summed E-state index contributed by atoms with van der Waals surface area (Å²) in [5, 5.41) is 10.4. The van der Waals surface area contributed by atoms with Crippen molar-refractivity contribution >= 4 is 5.97 Å². The van der Waals surface area contributed by atoms with Gasteiger partial charge in [0.15, 0.2) is 0 Å². The van der Waals surface area contributed by atoms with E-state index in [0.29, 0.717) is 17.8 Å². The first kappa shape index (κ1) is 14.9. The molecule has 7 atom stereocenters. The first-order valence-electron chi connectivity index (χ1n) is 9.11. The minimum Gasteiger partial charge on any atom is -0.462 e. The Balaban J connectivity index is 1.74. The molecule has 2 bridgehead atoms. The Hall–Kier alpha value is -0.610. The minimum atomic E-state index is -0.168. The Morgan fingerprint density at radius 2 is 2.09 bits per heavy atom. The van der Waals surface area contributed by atoms with Crippen molar-refractivity contribution in [3.63, 3.8) is 0 Å². The molecule has 0 amide bonds. The molecule has 0 radical (unpaired) electrons. The second kappa shape index (κ2) is 5.20. The molecule has 0 aromatic carbocycles. The number of ether oxygens (including phenoxy) is 1. The summed E-state index contributed by atoms with van der Waals surface area (Å²) in [5.41, 5.74) is 0.193. The number of esters is 1. The van der Waals surface area contributed by atoms with Crippen LogP contribution < -0.4 is 0 Å². The summed E-state index contributed by atoms with van der Waals surface area (Å²) in [6, 6.07) is 0. The number of rotatable bonds is 1. The SMILES string of the molecule is CC(=O)O[C@@H]1C[C@@H]2C[C@H](C)C[C@]34[C@@H]2C[C@@H](O)CN3CCC[C@H]14. The fourth-order valence-corrected chi connectivity index (χ4v) is 6.72. The summed E-state index contributed by atoms with van der Waals surface area (Å²) in [4.78, 5) is 14.2. The first-order chi connectivity index (χ1) is 10.5. The van der Waals surface area contributed by atoms with Gasteiger partial charge in [-0.1, -0.05) is 6.92 Å². The predicted molar refractivity (Wildman–Crippen MR) is 83.2 cm³/mol. The van der Waals surface area contributed by atoms with Crippen LogP contribution in [-0.2, 0) is 9.53 Å². The van der Waals surface area contributed by atoms with Gasteiger partial charge in [-0.3, -0.25) is 9.69 Å². The Morgan fingerprint density at radius 1 is 1.27 bits per heavy atom. The molecule has 2 heterocycles. The van der Waals surface area contributed by atoms with Gasteiger partial charge in [0.05, 0.1) is 6.10 Å². The lowest BCUT2D eigenvalue weighted by Crippen LogP contribution is -2.74. The van der Waals surface area contributed by atoms with Crippen molar-refractivity contribution in [2.45, 2.75) is 70.1 Å². The molecule has 2 saturated carbocycles. The number of hydrogen-bond donors (Lipinski definition) is 1. The van der Waals surface area contributed by atoms with E-state index in [4.69, 9.17) is 4.74 Å². The third kappa shape index (κ3) is 2.06. The van der Waals surface area contributed by atoms with Crippen LogP contribution in [0.1, 0.15) is 52.4 Å². The van der Waals surface area contributed by atoms with Gasteiger partial charge in [0.25, 0.3) is 0 Å². The third-order valence-electron chi connectivity index (χ3n) is 7.02. The van der Waals surface area contributed by atoms with E-state index in [9.17, 15) is 9.90 Å². The molecule has 2 saturated heterocycles. The van der Waals surface area contributed by atoms with E-state index in [1.807, 2.05) is 0 Å². The maximum atomic E-state index is 11.6. The highest BCUT2D eigenvalue weighted by Gasteiger charge is 2.64. The van der Waals surface area contributed by atoms with E-state index >= 15 is 0 Å². The van der Waals surface area contributed by atoms with Crippen LogP contribution in [0, 0.1) is 23.7 Å². The standard InChI is InChI=1S/C18H29NO3/c1-11-6-13-7-17(22-12(2)20)15-4-3-5-19-10-14(21)8-16(13)18(15,19)9-11/h11,13-17,21H,3-10H2,1-2H3/t11-,13-,14+,15+,16+,17+,18-/m0/s1.